The summed E-state index contributed by atoms with van der Waals surface area (Å²) >= 11 is 0. The van der Waals surface area contributed by atoms with Crippen molar-refractivity contribution in [2.75, 3.05) is 11.9 Å². The summed E-state index contributed by atoms with van der Waals surface area (Å²) in [5, 5.41) is 0. The first-order valence-electron chi connectivity index (χ1n) is 6.33. The Morgan fingerprint density at radius 3 is 2.53 bits per heavy atom. The lowest BCUT2D eigenvalue weighted by Gasteiger charge is -2.39. The van der Waals surface area contributed by atoms with Crippen LogP contribution in [-0.2, 0) is 0 Å². The van der Waals surface area contributed by atoms with E-state index in [9.17, 15) is 4.39 Å². The number of halogens is 1. The monoisotopic (exact) mass is 236 g/mol. The number of hydrogen-bond donors (Lipinski definition) is 0. The van der Waals surface area contributed by atoms with Crippen LogP contribution in [-0.4, -0.2) is 18.1 Å². The van der Waals surface area contributed by atoms with E-state index in [2.05, 4.69) is 23.7 Å². The summed E-state index contributed by atoms with van der Waals surface area (Å²) in [5.41, 5.74) is 0.465. The van der Waals surface area contributed by atoms with Crippen molar-refractivity contribution in [2.45, 2.75) is 45.6 Å². The second kappa shape index (κ2) is 4.63. The van der Waals surface area contributed by atoms with Crippen LogP contribution in [0.4, 0.5) is 10.2 Å². The third-order valence-corrected chi connectivity index (χ3v) is 3.92. The number of rotatable bonds is 2. The standard InChI is InChI=1S/C14H21FN2/c1-14(2)9-7-11(8-10-14)17(3)13-6-4-5-12(15)16-13/h4-6,11H,7-10H2,1-3H3. The molecule has 0 unspecified atom stereocenters. The van der Waals surface area contributed by atoms with Crippen LogP contribution >= 0.6 is 0 Å². The lowest BCUT2D eigenvalue weighted by Crippen LogP contribution is -2.37. The summed E-state index contributed by atoms with van der Waals surface area (Å²) in [7, 11) is 2.02. The Labute approximate surface area is 103 Å². The molecule has 1 aliphatic carbocycles. The molecule has 0 saturated heterocycles. The highest BCUT2D eigenvalue weighted by Gasteiger charge is 2.29. The van der Waals surface area contributed by atoms with Crippen molar-refractivity contribution in [1.29, 1.82) is 0 Å². The summed E-state index contributed by atoms with van der Waals surface area (Å²) in [6, 6.07) is 5.49. The highest BCUT2D eigenvalue weighted by Crippen LogP contribution is 2.37. The van der Waals surface area contributed by atoms with Gasteiger partial charge in [0.25, 0.3) is 0 Å². The number of nitrogens with zero attached hydrogens (tertiary/aromatic N) is 2. The van der Waals surface area contributed by atoms with Crippen molar-refractivity contribution in [3.63, 3.8) is 0 Å². The molecule has 0 bridgehead atoms. The van der Waals surface area contributed by atoms with Gasteiger partial charge in [-0.05, 0) is 43.2 Å². The smallest absolute Gasteiger partial charge is 0.214 e. The number of pyridine rings is 1. The van der Waals surface area contributed by atoms with Crippen molar-refractivity contribution >= 4 is 5.82 Å². The van der Waals surface area contributed by atoms with Gasteiger partial charge in [-0.25, -0.2) is 4.98 Å². The molecule has 1 aromatic rings. The van der Waals surface area contributed by atoms with Gasteiger partial charge in [0.2, 0.25) is 5.95 Å². The second-order valence-corrected chi connectivity index (χ2v) is 5.82. The van der Waals surface area contributed by atoms with Crippen molar-refractivity contribution in [3.8, 4) is 0 Å². The number of aromatic nitrogens is 1. The predicted molar refractivity (Wildman–Crippen MR) is 68.6 cm³/mol. The van der Waals surface area contributed by atoms with E-state index in [1.165, 1.54) is 31.7 Å². The third kappa shape index (κ3) is 2.96. The molecule has 0 atom stereocenters. The van der Waals surface area contributed by atoms with Crippen molar-refractivity contribution in [2.24, 2.45) is 5.41 Å². The van der Waals surface area contributed by atoms with Gasteiger partial charge in [0.05, 0.1) is 0 Å². The minimum atomic E-state index is -0.398. The van der Waals surface area contributed by atoms with Gasteiger partial charge in [0, 0.05) is 13.1 Å². The van der Waals surface area contributed by atoms with E-state index < -0.39 is 5.95 Å². The first-order valence-corrected chi connectivity index (χ1v) is 6.33. The Bertz CT molecular complexity index is 380. The van der Waals surface area contributed by atoms with Crippen LogP contribution in [0.15, 0.2) is 18.2 Å². The van der Waals surface area contributed by atoms with Gasteiger partial charge >= 0.3 is 0 Å². The molecule has 17 heavy (non-hydrogen) atoms. The average Bonchev–Trinajstić information content (AvgIpc) is 2.28. The number of hydrogen-bond acceptors (Lipinski definition) is 2. The Morgan fingerprint density at radius 2 is 1.94 bits per heavy atom. The van der Waals surface area contributed by atoms with Gasteiger partial charge in [0.1, 0.15) is 5.82 Å². The molecule has 2 nitrogen and oxygen atoms in total. The molecule has 2 rings (SSSR count). The summed E-state index contributed by atoms with van der Waals surface area (Å²) in [6.07, 6.45) is 4.80. The SMILES string of the molecule is CN(c1cccc(F)n1)C1CCC(C)(C)CC1. The molecule has 1 fully saturated rings. The molecule has 94 valence electrons. The van der Waals surface area contributed by atoms with Crippen molar-refractivity contribution < 1.29 is 4.39 Å². The zero-order chi connectivity index (χ0) is 12.5. The fraction of sp³-hybridized carbons (Fsp3) is 0.643. The van der Waals surface area contributed by atoms with Gasteiger partial charge in [-0.1, -0.05) is 19.9 Å². The summed E-state index contributed by atoms with van der Waals surface area (Å²) < 4.78 is 13.1. The summed E-state index contributed by atoms with van der Waals surface area (Å²) in [5.74, 6) is 0.347. The Morgan fingerprint density at radius 1 is 1.29 bits per heavy atom. The highest BCUT2D eigenvalue weighted by atomic mass is 19.1. The highest BCUT2D eigenvalue weighted by molar-refractivity contribution is 5.38. The molecule has 3 heteroatoms. The van der Waals surface area contributed by atoms with Crippen LogP contribution in [0.5, 0.6) is 0 Å². The van der Waals surface area contributed by atoms with E-state index in [1.54, 1.807) is 6.07 Å². The quantitative estimate of drug-likeness (QED) is 0.729. The van der Waals surface area contributed by atoms with E-state index >= 15 is 0 Å². The van der Waals surface area contributed by atoms with E-state index in [0.717, 1.165) is 5.82 Å². The van der Waals surface area contributed by atoms with Crippen LogP contribution in [0.1, 0.15) is 39.5 Å². The maximum absolute atomic E-state index is 13.1. The topological polar surface area (TPSA) is 16.1 Å². The van der Waals surface area contributed by atoms with E-state index in [1.807, 2.05) is 13.1 Å². The van der Waals surface area contributed by atoms with Gasteiger partial charge in [-0.15, -0.1) is 0 Å². The zero-order valence-corrected chi connectivity index (χ0v) is 10.9. The molecule has 1 aliphatic rings. The molecule has 0 radical (unpaired) electrons. The second-order valence-electron chi connectivity index (χ2n) is 5.82. The van der Waals surface area contributed by atoms with Crippen molar-refractivity contribution in [1.82, 2.24) is 4.98 Å². The lowest BCUT2D eigenvalue weighted by molar-refractivity contribution is 0.222. The molecule has 1 saturated carbocycles. The summed E-state index contributed by atoms with van der Waals surface area (Å²) in [4.78, 5) is 6.07. The molecule has 0 amide bonds. The minimum absolute atomic E-state index is 0.398. The molecule has 1 heterocycles. The van der Waals surface area contributed by atoms with Gasteiger partial charge in [0.15, 0.2) is 0 Å². The molecule has 0 spiro atoms. The van der Waals surface area contributed by atoms with Crippen LogP contribution < -0.4 is 4.90 Å². The van der Waals surface area contributed by atoms with Gasteiger partial charge in [-0.3, -0.25) is 0 Å². The van der Waals surface area contributed by atoms with Crippen molar-refractivity contribution in [3.05, 3.63) is 24.1 Å². The average molecular weight is 236 g/mol. The molecule has 0 aliphatic heterocycles. The first kappa shape index (κ1) is 12.3. The summed E-state index contributed by atoms with van der Waals surface area (Å²) in [6.45, 7) is 4.65. The van der Waals surface area contributed by atoms with E-state index in [-0.39, 0.29) is 0 Å². The minimum Gasteiger partial charge on any atom is -0.357 e. The zero-order valence-electron chi connectivity index (χ0n) is 10.9. The molecule has 0 N–H and O–H groups in total. The molecular weight excluding hydrogens is 215 g/mol. The molecule has 0 aromatic carbocycles. The van der Waals surface area contributed by atoms with E-state index in [4.69, 9.17) is 0 Å². The number of anilines is 1. The lowest BCUT2D eigenvalue weighted by atomic mass is 9.75. The van der Waals surface area contributed by atoms with Gasteiger partial charge < -0.3 is 4.90 Å². The Balaban J connectivity index is 2.04. The Hall–Kier alpha value is -1.12. The van der Waals surface area contributed by atoms with Crippen LogP contribution in [0.2, 0.25) is 0 Å². The van der Waals surface area contributed by atoms with Gasteiger partial charge in [-0.2, -0.15) is 4.39 Å². The normalized spacial score (nSPS) is 20.2. The molecular formula is C14H21FN2. The van der Waals surface area contributed by atoms with Crippen LogP contribution in [0, 0.1) is 11.4 Å². The fourth-order valence-corrected chi connectivity index (χ4v) is 2.55. The fourth-order valence-electron chi connectivity index (χ4n) is 2.55. The van der Waals surface area contributed by atoms with E-state index in [0.29, 0.717) is 11.5 Å². The maximum Gasteiger partial charge on any atom is 0.214 e. The Kier molecular flexibility index (Phi) is 3.36. The largest absolute Gasteiger partial charge is 0.357 e. The first-order chi connectivity index (χ1) is 7.98. The van der Waals surface area contributed by atoms with Crippen LogP contribution in [0.3, 0.4) is 0 Å². The molecule has 1 aromatic heterocycles. The van der Waals surface area contributed by atoms with Crippen LogP contribution in [0.25, 0.3) is 0 Å². The third-order valence-electron chi connectivity index (χ3n) is 3.92. The maximum atomic E-state index is 13.1. The predicted octanol–water partition coefficient (Wildman–Crippen LogP) is 3.63.